The molecule has 1 aromatic heterocycles. The molecule has 11 aromatic carbocycles. The lowest BCUT2D eigenvalue weighted by molar-refractivity contribution is 0.660. The Morgan fingerprint density at radius 2 is 0.806 bits per heavy atom. The van der Waals surface area contributed by atoms with E-state index in [-0.39, 0.29) is 10.8 Å². The molecule has 0 aliphatic heterocycles. The van der Waals surface area contributed by atoms with Crippen LogP contribution in [0.2, 0.25) is 0 Å². The van der Waals surface area contributed by atoms with Crippen molar-refractivity contribution >= 4 is 49.8 Å². The van der Waals surface area contributed by atoms with Gasteiger partial charge >= 0.3 is 0 Å². The predicted molar refractivity (Wildman–Crippen MR) is 303 cm³/mol. The maximum atomic E-state index is 6.52. The lowest BCUT2D eigenvalue weighted by Crippen LogP contribution is -2.16. The molecule has 0 saturated heterocycles. The first-order valence-corrected chi connectivity index (χ1v) is 25.2. The molecule has 0 spiro atoms. The summed E-state index contributed by atoms with van der Waals surface area (Å²) in [5, 5.41) is 4.84. The molecule has 342 valence electrons. The molecule has 2 nitrogen and oxygen atoms in total. The largest absolute Gasteiger partial charge is 0.455 e. The highest BCUT2D eigenvalue weighted by atomic mass is 16.3. The van der Waals surface area contributed by atoms with Crippen LogP contribution in [0.25, 0.3) is 99.5 Å². The fourth-order valence-corrected chi connectivity index (χ4v) is 12.6. The zero-order valence-electron chi connectivity index (χ0n) is 40.9. The van der Waals surface area contributed by atoms with Crippen LogP contribution in [0.15, 0.2) is 241 Å². The lowest BCUT2D eigenvalue weighted by atomic mass is 9.77. The molecule has 2 aliphatic carbocycles. The van der Waals surface area contributed by atoms with Gasteiger partial charge in [0, 0.05) is 44.2 Å². The van der Waals surface area contributed by atoms with Crippen molar-refractivity contribution < 1.29 is 4.42 Å². The fraction of sp³-hybridized carbons (Fsp3) is 0.0857. The third-order valence-corrected chi connectivity index (χ3v) is 16.1. The minimum absolute atomic E-state index is 0.149. The Balaban J connectivity index is 0.948. The van der Waals surface area contributed by atoms with Crippen molar-refractivity contribution in [2.75, 3.05) is 4.90 Å². The van der Waals surface area contributed by atoms with Crippen LogP contribution in [0.3, 0.4) is 0 Å². The molecule has 0 fully saturated rings. The molecule has 2 aliphatic rings. The summed E-state index contributed by atoms with van der Waals surface area (Å²) in [6.07, 6.45) is 0. The summed E-state index contributed by atoms with van der Waals surface area (Å²) < 4.78 is 6.52. The maximum Gasteiger partial charge on any atom is 0.143 e. The van der Waals surface area contributed by atoms with E-state index in [0.29, 0.717) is 0 Å². The summed E-state index contributed by atoms with van der Waals surface area (Å²) in [6, 6.07) is 87.3. The number of benzene rings is 11. The van der Waals surface area contributed by atoms with Gasteiger partial charge in [-0.25, -0.2) is 0 Å². The van der Waals surface area contributed by atoms with Crippen LogP contribution in [-0.4, -0.2) is 0 Å². The molecule has 0 atom stereocenters. The van der Waals surface area contributed by atoms with Gasteiger partial charge in [-0.05, 0) is 137 Å². The summed E-state index contributed by atoms with van der Waals surface area (Å²) in [5.74, 6) is 0. The first-order chi connectivity index (χ1) is 35.2. The van der Waals surface area contributed by atoms with Crippen LogP contribution in [0, 0.1) is 0 Å². The van der Waals surface area contributed by atoms with Gasteiger partial charge in [0.15, 0.2) is 0 Å². The number of para-hydroxylation sites is 2. The average molecular weight is 922 g/mol. The van der Waals surface area contributed by atoms with E-state index >= 15 is 0 Å². The Labute approximate surface area is 421 Å². The number of furan rings is 1. The zero-order valence-corrected chi connectivity index (χ0v) is 40.9. The first kappa shape index (κ1) is 42.2. The SMILES string of the molecule is CC1(C)c2ccccc2-c2ccc(N(c3ccc(-c4c(-c5ccc(-c6ccccc6)cc5)c5c(c6ccccc46)C(C)(C)c4ccccc4-5)cc3)c3ccc(-c4cccc5c4oc4ccccc45)cc3)cc21. The predicted octanol–water partition coefficient (Wildman–Crippen LogP) is 19.5. The average Bonchev–Trinajstić information content (AvgIpc) is 4.01. The molecule has 2 heteroatoms. The second kappa shape index (κ2) is 15.9. The number of hydrogen-bond donors (Lipinski definition) is 0. The highest BCUT2D eigenvalue weighted by molar-refractivity contribution is 6.15. The van der Waals surface area contributed by atoms with Crippen molar-refractivity contribution in [2.45, 2.75) is 38.5 Å². The molecule has 0 unspecified atom stereocenters. The number of rotatable bonds is 7. The molecule has 0 N–H and O–H groups in total. The van der Waals surface area contributed by atoms with Gasteiger partial charge in [-0.2, -0.15) is 0 Å². The Kier molecular flexibility index (Phi) is 9.32. The Morgan fingerprint density at radius 1 is 0.306 bits per heavy atom. The zero-order chi connectivity index (χ0) is 48.3. The lowest BCUT2D eigenvalue weighted by Gasteiger charge is -2.29. The number of nitrogens with zero attached hydrogens (tertiary/aromatic N) is 1. The molecular formula is C70H51NO. The van der Waals surface area contributed by atoms with Crippen LogP contribution in [0.1, 0.15) is 49.9 Å². The Morgan fingerprint density at radius 3 is 1.54 bits per heavy atom. The van der Waals surface area contributed by atoms with Crippen molar-refractivity contribution in [3.05, 3.63) is 259 Å². The second-order valence-corrected chi connectivity index (χ2v) is 20.8. The van der Waals surface area contributed by atoms with E-state index in [1.165, 1.54) is 88.7 Å². The van der Waals surface area contributed by atoms with E-state index in [0.717, 1.165) is 50.1 Å². The van der Waals surface area contributed by atoms with Gasteiger partial charge in [0.2, 0.25) is 0 Å². The van der Waals surface area contributed by atoms with E-state index < -0.39 is 0 Å². The van der Waals surface area contributed by atoms with Gasteiger partial charge in [-0.15, -0.1) is 0 Å². The van der Waals surface area contributed by atoms with Crippen molar-refractivity contribution in [2.24, 2.45) is 0 Å². The highest BCUT2D eigenvalue weighted by Crippen LogP contribution is 2.58. The highest BCUT2D eigenvalue weighted by Gasteiger charge is 2.40. The number of hydrogen-bond acceptors (Lipinski definition) is 2. The molecule has 14 rings (SSSR count). The van der Waals surface area contributed by atoms with Crippen LogP contribution < -0.4 is 4.90 Å². The van der Waals surface area contributed by atoms with Crippen molar-refractivity contribution in [1.82, 2.24) is 0 Å². The molecular weight excluding hydrogens is 871 g/mol. The number of fused-ring (bicyclic) bond motifs is 11. The van der Waals surface area contributed by atoms with Crippen LogP contribution >= 0.6 is 0 Å². The van der Waals surface area contributed by atoms with Crippen LogP contribution in [0.4, 0.5) is 17.1 Å². The van der Waals surface area contributed by atoms with Crippen LogP contribution in [0.5, 0.6) is 0 Å². The standard InChI is InChI=1S/C70H51NO/c1-69(2)60-26-13-10-19-53(60)54-42-41-51(43-62(54)69)71(49-37-33-46(34-38-49)52-24-16-25-58-55-20-12-15-28-63(55)72-68(52)58)50-39-35-47(36-40-50)64-56-21-8-9-22-57(56)67-66(59-23-11-14-27-61(59)70(67,3)4)65(64)48-31-29-45(30-32-48)44-17-6-5-7-18-44/h5-43H,1-4H3. The van der Waals surface area contributed by atoms with Gasteiger partial charge in [-0.3, -0.25) is 0 Å². The normalized spacial score (nSPS) is 13.8. The fourth-order valence-electron chi connectivity index (χ4n) is 12.6. The summed E-state index contributed by atoms with van der Waals surface area (Å²) in [5.41, 5.74) is 25.1. The van der Waals surface area contributed by atoms with E-state index in [9.17, 15) is 0 Å². The van der Waals surface area contributed by atoms with Gasteiger partial charge in [0.25, 0.3) is 0 Å². The maximum absolute atomic E-state index is 6.52. The topological polar surface area (TPSA) is 16.4 Å². The van der Waals surface area contributed by atoms with E-state index in [1.807, 2.05) is 6.07 Å². The van der Waals surface area contributed by atoms with Crippen molar-refractivity contribution in [3.63, 3.8) is 0 Å². The van der Waals surface area contributed by atoms with Gasteiger partial charge in [0.1, 0.15) is 11.2 Å². The van der Waals surface area contributed by atoms with E-state index in [4.69, 9.17) is 4.42 Å². The van der Waals surface area contributed by atoms with Crippen molar-refractivity contribution in [3.8, 4) is 66.8 Å². The third-order valence-electron chi connectivity index (χ3n) is 16.1. The summed E-state index contributed by atoms with van der Waals surface area (Å²) in [7, 11) is 0. The first-order valence-electron chi connectivity index (χ1n) is 25.2. The minimum Gasteiger partial charge on any atom is -0.455 e. The van der Waals surface area contributed by atoms with Gasteiger partial charge in [0.05, 0.1) is 0 Å². The van der Waals surface area contributed by atoms with Crippen LogP contribution in [-0.2, 0) is 10.8 Å². The molecule has 72 heavy (non-hydrogen) atoms. The molecule has 0 bridgehead atoms. The Hall–Kier alpha value is -8.72. The molecule has 0 amide bonds. The Bertz CT molecular complexity index is 4120. The second-order valence-electron chi connectivity index (χ2n) is 20.8. The molecule has 0 saturated carbocycles. The van der Waals surface area contributed by atoms with Crippen molar-refractivity contribution in [1.29, 1.82) is 0 Å². The molecule has 0 radical (unpaired) electrons. The summed E-state index contributed by atoms with van der Waals surface area (Å²) >= 11 is 0. The quantitative estimate of drug-likeness (QED) is 0.158. The van der Waals surface area contributed by atoms with Gasteiger partial charge in [-0.1, -0.05) is 222 Å². The van der Waals surface area contributed by atoms with E-state index in [2.05, 4.69) is 263 Å². The summed E-state index contributed by atoms with van der Waals surface area (Å²) in [4.78, 5) is 2.43. The smallest absolute Gasteiger partial charge is 0.143 e. The van der Waals surface area contributed by atoms with Gasteiger partial charge < -0.3 is 9.32 Å². The summed E-state index contributed by atoms with van der Waals surface area (Å²) in [6.45, 7) is 9.53. The third kappa shape index (κ3) is 6.28. The minimum atomic E-state index is -0.187. The molecule has 1 heterocycles. The van der Waals surface area contributed by atoms with E-state index in [1.54, 1.807) is 0 Å². The monoisotopic (exact) mass is 921 g/mol. The molecule has 12 aromatic rings. The number of anilines is 3.